The SMILES string of the molecule is COCCNCC(C)(CCOC(C)(C)C)C(C)C. The third kappa shape index (κ3) is 8.06. The smallest absolute Gasteiger partial charge is 0.0598 e. The van der Waals surface area contributed by atoms with E-state index in [1.165, 1.54) is 0 Å². The van der Waals surface area contributed by atoms with Crippen LogP contribution < -0.4 is 5.32 Å². The van der Waals surface area contributed by atoms with Gasteiger partial charge in [-0.1, -0.05) is 20.8 Å². The van der Waals surface area contributed by atoms with Crippen molar-refractivity contribution >= 4 is 0 Å². The number of rotatable bonds is 9. The molecule has 0 aliphatic rings. The lowest BCUT2D eigenvalue weighted by Crippen LogP contribution is -2.39. The molecule has 0 rings (SSSR count). The van der Waals surface area contributed by atoms with Crippen molar-refractivity contribution in [2.45, 2.75) is 53.6 Å². The number of ether oxygens (including phenoxy) is 2. The van der Waals surface area contributed by atoms with Crippen LogP contribution >= 0.6 is 0 Å². The van der Waals surface area contributed by atoms with Crippen LogP contribution in [-0.2, 0) is 9.47 Å². The van der Waals surface area contributed by atoms with Crippen molar-refractivity contribution in [1.82, 2.24) is 5.32 Å². The highest BCUT2D eigenvalue weighted by Crippen LogP contribution is 2.30. The molecule has 1 N–H and O–H groups in total. The highest BCUT2D eigenvalue weighted by atomic mass is 16.5. The summed E-state index contributed by atoms with van der Waals surface area (Å²) in [4.78, 5) is 0. The van der Waals surface area contributed by atoms with E-state index in [2.05, 4.69) is 46.9 Å². The van der Waals surface area contributed by atoms with E-state index in [0.717, 1.165) is 32.7 Å². The van der Waals surface area contributed by atoms with Crippen LogP contribution in [0.1, 0.15) is 48.0 Å². The van der Waals surface area contributed by atoms with E-state index >= 15 is 0 Å². The first-order valence-corrected chi connectivity index (χ1v) is 7.05. The largest absolute Gasteiger partial charge is 0.383 e. The standard InChI is InChI=1S/C15H33NO2/c1-13(2)15(6,12-16-9-11-17-7)8-10-18-14(3,4)5/h13,16H,8-12H2,1-7H3. The van der Waals surface area contributed by atoms with Gasteiger partial charge in [-0.3, -0.25) is 0 Å². The van der Waals surface area contributed by atoms with E-state index in [1.807, 2.05) is 0 Å². The van der Waals surface area contributed by atoms with Gasteiger partial charge in [-0.15, -0.1) is 0 Å². The Labute approximate surface area is 114 Å². The van der Waals surface area contributed by atoms with Crippen LogP contribution in [0.5, 0.6) is 0 Å². The van der Waals surface area contributed by atoms with Crippen LogP contribution in [-0.4, -0.2) is 39.0 Å². The fourth-order valence-corrected chi connectivity index (χ4v) is 1.72. The van der Waals surface area contributed by atoms with Crippen molar-refractivity contribution in [3.63, 3.8) is 0 Å². The van der Waals surface area contributed by atoms with Crippen LogP contribution in [0.25, 0.3) is 0 Å². The Balaban J connectivity index is 4.09. The molecule has 0 amide bonds. The summed E-state index contributed by atoms with van der Waals surface area (Å²) in [6.07, 6.45) is 1.09. The van der Waals surface area contributed by atoms with E-state index in [9.17, 15) is 0 Å². The second kappa shape index (κ2) is 8.13. The van der Waals surface area contributed by atoms with Gasteiger partial charge in [0.15, 0.2) is 0 Å². The fourth-order valence-electron chi connectivity index (χ4n) is 1.72. The molecule has 0 saturated carbocycles. The highest BCUT2D eigenvalue weighted by Gasteiger charge is 2.28. The van der Waals surface area contributed by atoms with E-state index in [4.69, 9.17) is 9.47 Å². The summed E-state index contributed by atoms with van der Waals surface area (Å²) in [7, 11) is 1.74. The molecule has 1 unspecified atom stereocenters. The lowest BCUT2D eigenvalue weighted by atomic mass is 9.76. The van der Waals surface area contributed by atoms with E-state index in [-0.39, 0.29) is 11.0 Å². The van der Waals surface area contributed by atoms with Gasteiger partial charge in [0, 0.05) is 26.8 Å². The molecule has 0 aromatic carbocycles. The lowest BCUT2D eigenvalue weighted by molar-refractivity contribution is -0.0225. The number of methoxy groups -OCH3 is 1. The molecule has 1 atom stereocenters. The van der Waals surface area contributed by atoms with Crippen LogP contribution in [0, 0.1) is 11.3 Å². The van der Waals surface area contributed by atoms with Gasteiger partial charge < -0.3 is 14.8 Å². The first-order chi connectivity index (χ1) is 8.21. The molecule has 0 radical (unpaired) electrons. The molecule has 0 aromatic rings. The topological polar surface area (TPSA) is 30.5 Å². The number of nitrogens with one attached hydrogen (secondary N) is 1. The second-order valence-electron chi connectivity index (χ2n) is 6.69. The maximum absolute atomic E-state index is 5.85. The van der Waals surface area contributed by atoms with Gasteiger partial charge in [0.1, 0.15) is 0 Å². The molecule has 0 spiro atoms. The van der Waals surface area contributed by atoms with Crippen LogP contribution in [0.2, 0.25) is 0 Å². The van der Waals surface area contributed by atoms with Gasteiger partial charge >= 0.3 is 0 Å². The van der Waals surface area contributed by atoms with Crippen LogP contribution in [0.15, 0.2) is 0 Å². The third-order valence-corrected chi connectivity index (χ3v) is 3.61. The van der Waals surface area contributed by atoms with Gasteiger partial charge in [-0.25, -0.2) is 0 Å². The first kappa shape index (κ1) is 17.9. The third-order valence-electron chi connectivity index (χ3n) is 3.61. The van der Waals surface area contributed by atoms with Gasteiger partial charge in [0.2, 0.25) is 0 Å². The summed E-state index contributed by atoms with van der Waals surface area (Å²) in [5, 5.41) is 3.48. The zero-order valence-corrected chi connectivity index (χ0v) is 13.4. The lowest BCUT2D eigenvalue weighted by Gasteiger charge is -2.35. The van der Waals surface area contributed by atoms with Crippen molar-refractivity contribution in [3.05, 3.63) is 0 Å². The predicted octanol–water partition coefficient (Wildman–Crippen LogP) is 3.09. The summed E-state index contributed by atoms with van der Waals surface area (Å²) >= 11 is 0. The van der Waals surface area contributed by atoms with Crippen LogP contribution in [0.3, 0.4) is 0 Å². The maximum atomic E-state index is 5.85. The van der Waals surface area contributed by atoms with Crippen molar-refractivity contribution in [3.8, 4) is 0 Å². The van der Waals surface area contributed by atoms with Crippen molar-refractivity contribution in [2.75, 3.05) is 33.4 Å². The Kier molecular flexibility index (Phi) is 8.08. The second-order valence-corrected chi connectivity index (χ2v) is 6.69. The molecule has 18 heavy (non-hydrogen) atoms. The van der Waals surface area contributed by atoms with Crippen molar-refractivity contribution in [1.29, 1.82) is 0 Å². The van der Waals surface area contributed by atoms with Gasteiger partial charge in [0.25, 0.3) is 0 Å². The summed E-state index contributed by atoms with van der Waals surface area (Å²) < 4.78 is 10.9. The summed E-state index contributed by atoms with van der Waals surface area (Å²) in [5.74, 6) is 0.635. The van der Waals surface area contributed by atoms with Gasteiger partial charge in [-0.05, 0) is 38.5 Å². The van der Waals surface area contributed by atoms with Gasteiger partial charge in [0.05, 0.1) is 12.2 Å². The molecule has 3 heteroatoms. The molecule has 0 fully saturated rings. The summed E-state index contributed by atoms with van der Waals surface area (Å²) in [6, 6.07) is 0. The molecule has 0 bridgehead atoms. The fraction of sp³-hybridized carbons (Fsp3) is 1.00. The maximum Gasteiger partial charge on any atom is 0.0598 e. The van der Waals surface area contributed by atoms with E-state index in [1.54, 1.807) is 7.11 Å². The van der Waals surface area contributed by atoms with Crippen molar-refractivity contribution < 1.29 is 9.47 Å². The summed E-state index contributed by atoms with van der Waals surface area (Å²) in [6.45, 7) is 16.8. The molecule has 0 heterocycles. The minimum absolute atomic E-state index is 0.0403. The van der Waals surface area contributed by atoms with Crippen molar-refractivity contribution in [2.24, 2.45) is 11.3 Å². The Morgan fingerprint density at radius 3 is 2.11 bits per heavy atom. The first-order valence-electron chi connectivity index (χ1n) is 7.05. The molecule has 110 valence electrons. The minimum Gasteiger partial charge on any atom is -0.383 e. The minimum atomic E-state index is -0.0403. The Bertz CT molecular complexity index is 211. The quantitative estimate of drug-likeness (QED) is 0.645. The average Bonchev–Trinajstić information content (AvgIpc) is 2.22. The molecule has 3 nitrogen and oxygen atoms in total. The average molecular weight is 259 g/mol. The van der Waals surface area contributed by atoms with Gasteiger partial charge in [-0.2, -0.15) is 0 Å². The highest BCUT2D eigenvalue weighted by molar-refractivity contribution is 4.80. The number of hydrogen-bond acceptors (Lipinski definition) is 3. The Morgan fingerprint density at radius 1 is 1.06 bits per heavy atom. The number of hydrogen-bond donors (Lipinski definition) is 1. The summed E-state index contributed by atoms with van der Waals surface area (Å²) in [5.41, 5.74) is 0.236. The zero-order valence-electron chi connectivity index (χ0n) is 13.4. The zero-order chi connectivity index (χ0) is 14.2. The Morgan fingerprint density at radius 2 is 1.67 bits per heavy atom. The normalized spacial score (nSPS) is 16.0. The van der Waals surface area contributed by atoms with E-state index < -0.39 is 0 Å². The van der Waals surface area contributed by atoms with E-state index in [0.29, 0.717) is 5.92 Å². The molecular weight excluding hydrogens is 226 g/mol. The molecule has 0 aliphatic carbocycles. The monoisotopic (exact) mass is 259 g/mol. The molecule has 0 aromatic heterocycles. The molecule has 0 aliphatic heterocycles. The molecule has 0 saturated heterocycles. The predicted molar refractivity (Wildman–Crippen MR) is 78.0 cm³/mol. The Hall–Kier alpha value is -0.120. The molecular formula is C15H33NO2. The van der Waals surface area contributed by atoms with Crippen LogP contribution in [0.4, 0.5) is 0 Å².